The van der Waals surface area contributed by atoms with E-state index in [1.54, 1.807) is 6.20 Å². The van der Waals surface area contributed by atoms with Gasteiger partial charge in [0.1, 0.15) is 0 Å². The van der Waals surface area contributed by atoms with Crippen LogP contribution in [0.1, 0.15) is 13.3 Å². The van der Waals surface area contributed by atoms with Crippen LogP contribution in [0, 0.1) is 5.92 Å². The molecule has 0 aliphatic carbocycles. The Balaban J connectivity index is 2.49. The molecule has 5 nitrogen and oxygen atoms in total. The molecule has 0 bridgehead atoms. The first kappa shape index (κ1) is 10.6. The number of nitrogens with one attached hydrogen (secondary N) is 1. The molecule has 0 saturated heterocycles. The summed E-state index contributed by atoms with van der Waals surface area (Å²) in [4.78, 5) is 19.2. The number of hydrogen-bond donors (Lipinski definition) is 2. The third-order valence-corrected chi connectivity index (χ3v) is 1.86. The van der Waals surface area contributed by atoms with E-state index < -0.39 is 0 Å². The van der Waals surface area contributed by atoms with E-state index in [0.717, 1.165) is 0 Å². The van der Waals surface area contributed by atoms with Gasteiger partial charge in [-0.3, -0.25) is 9.78 Å². The molecule has 1 aromatic rings. The second-order valence-corrected chi connectivity index (χ2v) is 3.06. The minimum absolute atomic E-state index is 0.0732. The Morgan fingerprint density at radius 2 is 2.43 bits per heavy atom. The van der Waals surface area contributed by atoms with Gasteiger partial charge in [-0.1, -0.05) is 6.92 Å². The lowest BCUT2D eigenvalue weighted by Gasteiger charge is -2.09. The average molecular weight is 194 g/mol. The number of anilines is 1. The number of carbonyl (C=O) groups excluding carboxylic acids is 1. The van der Waals surface area contributed by atoms with Crippen molar-refractivity contribution >= 4 is 11.7 Å². The largest absolute Gasteiger partial charge is 0.330 e. The zero-order chi connectivity index (χ0) is 10.4. The van der Waals surface area contributed by atoms with Crippen molar-refractivity contribution in [3.8, 4) is 0 Å². The Kier molecular flexibility index (Phi) is 4.00. The van der Waals surface area contributed by atoms with Gasteiger partial charge in [0, 0.05) is 18.3 Å². The van der Waals surface area contributed by atoms with E-state index in [1.807, 2.05) is 6.92 Å². The van der Waals surface area contributed by atoms with Gasteiger partial charge in [-0.15, -0.1) is 0 Å². The van der Waals surface area contributed by atoms with E-state index in [4.69, 9.17) is 5.73 Å². The van der Waals surface area contributed by atoms with Crippen LogP contribution >= 0.6 is 0 Å². The average Bonchev–Trinajstić information content (AvgIpc) is 2.19. The lowest BCUT2D eigenvalue weighted by atomic mass is 10.1. The smallest absolute Gasteiger partial charge is 0.228 e. The van der Waals surface area contributed by atoms with Crippen molar-refractivity contribution in [1.82, 2.24) is 9.97 Å². The maximum atomic E-state index is 11.5. The summed E-state index contributed by atoms with van der Waals surface area (Å²) in [5.74, 6) is 0.305. The molecule has 76 valence electrons. The summed E-state index contributed by atoms with van der Waals surface area (Å²) in [5.41, 5.74) is 5.35. The molecule has 1 amide bonds. The van der Waals surface area contributed by atoms with Crippen molar-refractivity contribution in [2.75, 3.05) is 11.9 Å². The number of nitrogens with zero attached hydrogens (tertiary/aromatic N) is 2. The first-order chi connectivity index (χ1) is 6.74. The summed E-state index contributed by atoms with van der Waals surface area (Å²) in [6.07, 6.45) is 5.27. The van der Waals surface area contributed by atoms with Gasteiger partial charge in [0.15, 0.2) is 5.82 Å². The van der Waals surface area contributed by atoms with Crippen LogP contribution in [0.4, 0.5) is 5.82 Å². The summed E-state index contributed by atoms with van der Waals surface area (Å²) in [6, 6.07) is 0. The van der Waals surface area contributed by atoms with Crippen LogP contribution in [0.2, 0.25) is 0 Å². The minimum atomic E-state index is -0.0954. The van der Waals surface area contributed by atoms with Crippen LogP contribution < -0.4 is 11.1 Å². The van der Waals surface area contributed by atoms with E-state index >= 15 is 0 Å². The van der Waals surface area contributed by atoms with E-state index in [9.17, 15) is 4.79 Å². The Bertz CT molecular complexity index is 288. The van der Waals surface area contributed by atoms with Crippen molar-refractivity contribution in [1.29, 1.82) is 0 Å². The highest BCUT2D eigenvalue weighted by atomic mass is 16.1. The molecule has 0 spiro atoms. The fraction of sp³-hybridized carbons (Fsp3) is 0.444. The summed E-state index contributed by atoms with van der Waals surface area (Å²) in [5, 5.41) is 2.66. The van der Waals surface area contributed by atoms with Crippen molar-refractivity contribution in [2.45, 2.75) is 13.3 Å². The molecule has 1 rings (SSSR count). The van der Waals surface area contributed by atoms with Gasteiger partial charge in [-0.05, 0) is 13.0 Å². The highest BCUT2D eigenvalue weighted by Crippen LogP contribution is 2.05. The normalized spacial score (nSPS) is 12.1. The highest BCUT2D eigenvalue weighted by Gasteiger charge is 2.11. The number of hydrogen-bond acceptors (Lipinski definition) is 4. The monoisotopic (exact) mass is 194 g/mol. The molecule has 1 aromatic heterocycles. The Labute approximate surface area is 82.7 Å². The summed E-state index contributed by atoms with van der Waals surface area (Å²) < 4.78 is 0. The van der Waals surface area contributed by atoms with Crippen molar-refractivity contribution in [3.05, 3.63) is 18.6 Å². The van der Waals surface area contributed by atoms with Crippen molar-refractivity contribution in [3.63, 3.8) is 0 Å². The van der Waals surface area contributed by atoms with Gasteiger partial charge in [0.2, 0.25) is 5.91 Å². The third kappa shape index (κ3) is 3.10. The third-order valence-electron chi connectivity index (χ3n) is 1.86. The summed E-state index contributed by atoms with van der Waals surface area (Å²) in [7, 11) is 0. The Morgan fingerprint density at radius 3 is 3.00 bits per heavy atom. The highest BCUT2D eigenvalue weighted by molar-refractivity contribution is 5.91. The molecule has 14 heavy (non-hydrogen) atoms. The number of rotatable bonds is 4. The lowest BCUT2D eigenvalue weighted by molar-refractivity contribution is -0.119. The van der Waals surface area contributed by atoms with Crippen LogP contribution in [0.25, 0.3) is 0 Å². The molecular formula is C9H14N4O. The first-order valence-corrected chi connectivity index (χ1v) is 4.51. The zero-order valence-corrected chi connectivity index (χ0v) is 8.10. The minimum Gasteiger partial charge on any atom is -0.330 e. The predicted octanol–water partition coefficient (Wildman–Crippen LogP) is 0.400. The Morgan fingerprint density at radius 1 is 1.64 bits per heavy atom. The molecule has 0 saturated carbocycles. The van der Waals surface area contributed by atoms with E-state index in [-0.39, 0.29) is 11.8 Å². The Hall–Kier alpha value is -1.49. The number of aromatic nitrogens is 2. The van der Waals surface area contributed by atoms with Crippen LogP contribution in [0.15, 0.2) is 18.6 Å². The second kappa shape index (κ2) is 5.29. The van der Waals surface area contributed by atoms with Crippen LogP contribution in [-0.2, 0) is 4.79 Å². The molecule has 0 aliphatic rings. The molecule has 1 heterocycles. The lowest BCUT2D eigenvalue weighted by Crippen LogP contribution is -2.23. The van der Waals surface area contributed by atoms with Crippen molar-refractivity contribution < 1.29 is 4.79 Å². The molecule has 0 fully saturated rings. The molecule has 0 radical (unpaired) electrons. The molecule has 0 aromatic carbocycles. The summed E-state index contributed by atoms with van der Waals surface area (Å²) in [6.45, 7) is 2.34. The predicted molar refractivity (Wildman–Crippen MR) is 53.5 cm³/mol. The maximum absolute atomic E-state index is 11.5. The van der Waals surface area contributed by atoms with Gasteiger partial charge in [-0.2, -0.15) is 0 Å². The van der Waals surface area contributed by atoms with Gasteiger partial charge in [0.25, 0.3) is 0 Å². The number of carbonyl (C=O) groups is 1. The topological polar surface area (TPSA) is 80.9 Å². The molecule has 1 atom stereocenters. The number of amides is 1. The van der Waals surface area contributed by atoms with Crippen LogP contribution in [-0.4, -0.2) is 22.4 Å². The van der Waals surface area contributed by atoms with Crippen molar-refractivity contribution in [2.24, 2.45) is 11.7 Å². The standard InChI is InChI=1S/C9H14N4O/c1-7(2-3-10)9(14)13-8-6-11-4-5-12-8/h4-7H,2-3,10H2,1H3,(H,12,13,14). The SMILES string of the molecule is CC(CCN)C(=O)Nc1cnccn1. The van der Waals surface area contributed by atoms with Gasteiger partial charge >= 0.3 is 0 Å². The first-order valence-electron chi connectivity index (χ1n) is 4.51. The van der Waals surface area contributed by atoms with E-state index in [1.165, 1.54) is 12.4 Å². The molecule has 5 heteroatoms. The summed E-state index contributed by atoms with van der Waals surface area (Å²) >= 11 is 0. The second-order valence-electron chi connectivity index (χ2n) is 3.06. The molecular weight excluding hydrogens is 180 g/mol. The molecule has 1 unspecified atom stereocenters. The van der Waals surface area contributed by atoms with Gasteiger partial charge < -0.3 is 11.1 Å². The van der Waals surface area contributed by atoms with Crippen LogP contribution in [0.3, 0.4) is 0 Å². The van der Waals surface area contributed by atoms with E-state index in [0.29, 0.717) is 18.8 Å². The van der Waals surface area contributed by atoms with Crippen LogP contribution in [0.5, 0.6) is 0 Å². The fourth-order valence-electron chi connectivity index (χ4n) is 0.994. The molecule has 3 N–H and O–H groups in total. The van der Waals surface area contributed by atoms with Gasteiger partial charge in [0.05, 0.1) is 6.20 Å². The van der Waals surface area contributed by atoms with Gasteiger partial charge in [-0.25, -0.2) is 4.98 Å². The quantitative estimate of drug-likeness (QED) is 0.727. The number of nitrogens with two attached hydrogens (primary N) is 1. The van der Waals surface area contributed by atoms with E-state index in [2.05, 4.69) is 15.3 Å². The zero-order valence-electron chi connectivity index (χ0n) is 8.10. The maximum Gasteiger partial charge on any atom is 0.228 e. The molecule has 0 aliphatic heterocycles. The fourth-order valence-corrected chi connectivity index (χ4v) is 0.994.